The summed E-state index contributed by atoms with van der Waals surface area (Å²) in [4.78, 5) is 10.6. The normalized spacial score (nSPS) is 23.5. The maximum atomic E-state index is 10.6. The van der Waals surface area contributed by atoms with E-state index in [1.807, 2.05) is 0 Å². The second-order valence-electron chi connectivity index (χ2n) is 2.68. The standard InChI is InChI=1S/C7H12ClNO2/c8-3-7(10)11-5-6-1-2-9-4-6/h6,9H,1-5H2/t6-/m0/s1. The van der Waals surface area contributed by atoms with Gasteiger partial charge in [-0.05, 0) is 13.0 Å². The predicted molar refractivity (Wildman–Crippen MR) is 42.7 cm³/mol. The van der Waals surface area contributed by atoms with Crippen molar-refractivity contribution in [3.05, 3.63) is 0 Å². The van der Waals surface area contributed by atoms with Crippen molar-refractivity contribution in [2.75, 3.05) is 25.6 Å². The van der Waals surface area contributed by atoms with Gasteiger partial charge in [-0.3, -0.25) is 4.79 Å². The molecule has 1 heterocycles. The molecule has 3 nitrogen and oxygen atoms in total. The van der Waals surface area contributed by atoms with Crippen LogP contribution in [0, 0.1) is 5.92 Å². The van der Waals surface area contributed by atoms with Crippen molar-refractivity contribution in [1.29, 1.82) is 0 Å². The van der Waals surface area contributed by atoms with Crippen molar-refractivity contribution >= 4 is 17.6 Å². The largest absolute Gasteiger partial charge is 0.464 e. The zero-order valence-corrected chi connectivity index (χ0v) is 7.06. The minimum atomic E-state index is -0.321. The van der Waals surface area contributed by atoms with Gasteiger partial charge in [0.15, 0.2) is 0 Å². The Kier molecular flexibility index (Phi) is 3.66. The van der Waals surface area contributed by atoms with Crippen molar-refractivity contribution in [2.45, 2.75) is 6.42 Å². The van der Waals surface area contributed by atoms with Gasteiger partial charge in [0, 0.05) is 12.5 Å². The first-order valence-corrected chi connectivity index (χ1v) is 4.28. The van der Waals surface area contributed by atoms with Gasteiger partial charge in [0.1, 0.15) is 5.88 Å². The molecule has 1 aliphatic heterocycles. The van der Waals surface area contributed by atoms with E-state index >= 15 is 0 Å². The van der Waals surface area contributed by atoms with E-state index in [-0.39, 0.29) is 11.8 Å². The monoisotopic (exact) mass is 177 g/mol. The number of alkyl halides is 1. The highest BCUT2D eigenvalue weighted by Crippen LogP contribution is 2.07. The van der Waals surface area contributed by atoms with E-state index < -0.39 is 0 Å². The number of hydrogen-bond donors (Lipinski definition) is 1. The Morgan fingerprint density at radius 3 is 3.09 bits per heavy atom. The topological polar surface area (TPSA) is 38.3 Å². The highest BCUT2D eigenvalue weighted by atomic mass is 35.5. The molecule has 0 bridgehead atoms. The third-order valence-electron chi connectivity index (χ3n) is 1.75. The Morgan fingerprint density at radius 2 is 2.55 bits per heavy atom. The van der Waals surface area contributed by atoms with Crippen molar-refractivity contribution in [2.24, 2.45) is 5.92 Å². The van der Waals surface area contributed by atoms with E-state index in [2.05, 4.69) is 5.32 Å². The second-order valence-corrected chi connectivity index (χ2v) is 2.94. The predicted octanol–water partition coefficient (Wildman–Crippen LogP) is 0.378. The summed E-state index contributed by atoms with van der Waals surface area (Å²) in [7, 11) is 0. The van der Waals surface area contributed by atoms with Crippen molar-refractivity contribution < 1.29 is 9.53 Å². The fourth-order valence-electron chi connectivity index (χ4n) is 1.11. The van der Waals surface area contributed by atoms with Gasteiger partial charge in [-0.2, -0.15) is 0 Å². The quantitative estimate of drug-likeness (QED) is 0.501. The summed E-state index contributed by atoms with van der Waals surface area (Å²) in [6.07, 6.45) is 1.09. The number of carbonyl (C=O) groups excluding carboxylic acids is 1. The van der Waals surface area contributed by atoms with Crippen LogP contribution in [0.5, 0.6) is 0 Å². The molecule has 4 heteroatoms. The van der Waals surface area contributed by atoms with E-state index in [4.69, 9.17) is 16.3 Å². The highest BCUT2D eigenvalue weighted by molar-refractivity contribution is 6.26. The van der Waals surface area contributed by atoms with Crippen LogP contribution in [-0.2, 0) is 9.53 Å². The number of carbonyl (C=O) groups is 1. The molecule has 1 atom stereocenters. The van der Waals surface area contributed by atoms with Gasteiger partial charge in [-0.25, -0.2) is 0 Å². The Bertz CT molecular complexity index is 134. The Balaban J connectivity index is 2.06. The number of nitrogens with one attached hydrogen (secondary N) is 1. The molecule has 0 aromatic heterocycles. The molecule has 1 fully saturated rings. The molecule has 1 rings (SSSR count). The van der Waals surface area contributed by atoms with Crippen LogP contribution < -0.4 is 5.32 Å². The van der Waals surface area contributed by atoms with Gasteiger partial charge in [-0.1, -0.05) is 0 Å². The Hall–Kier alpha value is -0.280. The molecule has 64 valence electrons. The van der Waals surface area contributed by atoms with E-state index in [0.29, 0.717) is 12.5 Å². The SMILES string of the molecule is O=C(CCl)OC[C@H]1CCNC1. The van der Waals surface area contributed by atoms with Crippen LogP contribution in [0.4, 0.5) is 0 Å². The smallest absolute Gasteiger partial charge is 0.320 e. The summed E-state index contributed by atoms with van der Waals surface area (Å²) < 4.78 is 4.86. The molecule has 0 saturated carbocycles. The molecule has 0 radical (unpaired) electrons. The maximum Gasteiger partial charge on any atom is 0.320 e. The van der Waals surface area contributed by atoms with E-state index in [1.165, 1.54) is 0 Å². The van der Waals surface area contributed by atoms with Crippen LogP contribution in [0.2, 0.25) is 0 Å². The molecule has 0 aromatic rings. The van der Waals surface area contributed by atoms with E-state index in [9.17, 15) is 4.79 Å². The molecule has 11 heavy (non-hydrogen) atoms. The van der Waals surface area contributed by atoms with Crippen molar-refractivity contribution in [3.8, 4) is 0 Å². The van der Waals surface area contributed by atoms with Gasteiger partial charge < -0.3 is 10.1 Å². The van der Waals surface area contributed by atoms with Crippen LogP contribution >= 0.6 is 11.6 Å². The number of hydrogen-bond acceptors (Lipinski definition) is 3. The van der Waals surface area contributed by atoms with Gasteiger partial charge in [0.05, 0.1) is 6.61 Å². The number of ether oxygens (including phenoxy) is 1. The third-order valence-corrected chi connectivity index (χ3v) is 1.97. The molecular weight excluding hydrogens is 166 g/mol. The lowest BCUT2D eigenvalue weighted by molar-refractivity contribution is -0.141. The lowest BCUT2D eigenvalue weighted by atomic mass is 10.1. The maximum absolute atomic E-state index is 10.6. The summed E-state index contributed by atoms with van der Waals surface area (Å²) in [5.74, 6) is 0.126. The van der Waals surface area contributed by atoms with E-state index in [1.54, 1.807) is 0 Å². The lowest BCUT2D eigenvalue weighted by Crippen LogP contribution is -2.17. The molecule has 0 aromatic carbocycles. The van der Waals surface area contributed by atoms with Gasteiger partial charge >= 0.3 is 5.97 Å². The summed E-state index contributed by atoms with van der Waals surface area (Å²) in [6.45, 7) is 2.50. The summed E-state index contributed by atoms with van der Waals surface area (Å²) in [5.41, 5.74) is 0. The fraction of sp³-hybridized carbons (Fsp3) is 0.857. The van der Waals surface area contributed by atoms with Crippen LogP contribution in [0.15, 0.2) is 0 Å². The van der Waals surface area contributed by atoms with Crippen molar-refractivity contribution in [1.82, 2.24) is 5.32 Å². The molecule has 1 saturated heterocycles. The summed E-state index contributed by atoms with van der Waals surface area (Å²) >= 11 is 5.25. The van der Waals surface area contributed by atoms with Crippen LogP contribution in [0.3, 0.4) is 0 Å². The lowest BCUT2D eigenvalue weighted by Gasteiger charge is -2.07. The number of halogens is 1. The second kappa shape index (κ2) is 4.57. The minimum Gasteiger partial charge on any atom is -0.464 e. The number of esters is 1. The molecule has 0 aliphatic carbocycles. The van der Waals surface area contributed by atoms with Crippen LogP contribution in [0.25, 0.3) is 0 Å². The number of rotatable bonds is 3. The molecule has 0 amide bonds. The average Bonchev–Trinajstić information content (AvgIpc) is 2.52. The third kappa shape index (κ3) is 3.08. The summed E-state index contributed by atoms with van der Waals surface area (Å²) in [6, 6.07) is 0. The van der Waals surface area contributed by atoms with Crippen LogP contribution in [-0.4, -0.2) is 31.5 Å². The van der Waals surface area contributed by atoms with Crippen molar-refractivity contribution in [3.63, 3.8) is 0 Å². The molecule has 1 aliphatic rings. The Labute approximate surface area is 71.1 Å². The zero-order chi connectivity index (χ0) is 8.10. The molecule has 0 unspecified atom stereocenters. The highest BCUT2D eigenvalue weighted by Gasteiger charge is 2.15. The first-order chi connectivity index (χ1) is 5.33. The zero-order valence-electron chi connectivity index (χ0n) is 6.31. The molecular formula is C7H12ClNO2. The minimum absolute atomic E-state index is 0.0415. The molecule has 1 N–H and O–H groups in total. The first kappa shape index (κ1) is 8.81. The van der Waals surface area contributed by atoms with Crippen LogP contribution in [0.1, 0.15) is 6.42 Å². The Morgan fingerprint density at radius 1 is 1.73 bits per heavy atom. The fourth-order valence-corrected chi connectivity index (χ4v) is 1.18. The van der Waals surface area contributed by atoms with E-state index in [0.717, 1.165) is 19.5 Å². The summed E-state index contributed by atoms with van der Waals surface area (Å²) in [5, 5.41) is 3.19. The van der Waals surface area contributed by atoms with Gasteiger partial charge in [-0.15, -0.1) is 11.6 Å². The first-order valence-electron chi connectivity index (χ1n) is 3.75. The van der Waals surface area contributed by atoms with Gasteiger partial charge in [0.25, 0.3) is 0 Å². The molecule has 0 spiro atoms. The van der Waals surface area contributed by atoms with Gasteiger partial charge in [0.2, 0.25) is 0 Å². The average molecular weight is 178 g/mol.